The number of rotatable bonds is 9. The van der Waals surface area contributed by atoms with E-state index < -0.39 is 6.09 Å². The van der Waals surface area contributed by atoms with Gasteiger partial charge in [0.2, 0.25) is 0 Å². The molecular weight excluding hydrogens is 354 g/mol. The summed E-state index contributed by atoms with van der Waals surface area (Å²) in [5.41, 5.74) is 3.14. The summed E-state index contributed by atoms with van der Waals surface area (Å²) in [6.07, 6.45) is 3.34. The third kappa shape index (κ3) is 6.85. The van der Waals surface area contributed by atoms with Crippen LogP contribution in [0, 0.1) is 5.92 Å². The van der Waals surface area contributed by atoms with Crippen LogP contribution in [0.5, 0.6) is 5.75 Å². The molecular formula is C22H31N3O3. The molecule has 0 aliphatic heterocycles. The van der Waals surface area contributed by atoms with E-state index in [9.17, 15) is 4.79 Å². The largest absolute Gasteiger partial charge is 0.493 e. The van der Waals surface area contributed by atoms with E-state index in [1.54, 1.807) is 6.20 Å². The van der Waals surface area contributed by atoms with Crippen molar-refractivity contribution in [2.45, 2.75) is 33.2 Å². The average molecular weight is 386 g/mol. The summed E-state index contributed by atoms with van der Waals surface area (Å²) in [4.78, 5) is 17.7. The van der Waals surface area contributed by atoms with Gasteiger partial charge in [-0.05, 0) is 68.2 Å². The molecule has 0 aliphatic rings. The van der Waals surface area contributed by atoms with Gasteiger partial charge >= 0.3 is 6.09 Å². The van der Waals surface area contributed by atoms with E-state index >= 15 is 0 Å². The molecule has 0 fully saturated rings. The Morgan fingerprint density at radius 2 is 1.93 bits per heavy atom. The molecule has 0 spiro atoms. The molecule has 0 saturated carbocycles. The van der Waals surface area contributed by atoms with Crippen molar-refractivity contribution in [3.05, 3.63) is 42.1 Å². The number of nitrogens with one attached hydrogen (secondary N) is 1. The Bertz CT molecular complexity index is 775. The standard InChI is InChI=1S/C22H31N3O3/c1-16(2)7-6-12-28-20-9-8-17(13-19(20)15-25(3)4)18-10-11-23-21(14-18)24-22(26)27-5/h8-11,13-14,16H,6-7,12,15H2,1-5H3,(H,23,24,26). The molecule has 0 atom stereocenters. The van der Waals surface area contributed by atoms with Crippen molar-refractivity contribution in [3.8, 4) is 16.9 Å². The lowest BCUT2D eigenvalue weighted by Gasteiger charge is -2.17. The summed E-state index contributed by atoms with van der Waals surface area (Å²) in [5, 5.41) is 2.60. The highest BCUT2D eigenvalue weighted by molar-refractivity contribution is 5.84. The Labute approximate surface area is 167 Å². The summed E-state index contributed by atoms with van der Waals surface area (Å²) in [6.45, 7) is 5.96. The molecule has 0 aliphatic carbocycles. The number of hydrogen-bond acceptors (Lipinski definition) is 5. The minimum Gasteiger partial charge on any atom is -0.493 e. The van der Waals surface area contributed by atoms with Gasteiger partial charge in [0.05, 0.1) is 13.7 Å². The van der Waals surface area contributed by atoms with Crippen LogP contribution in [-0.2, 0) is 11.3 Å². The smallest absolute Gasteiger partial charge is 0.412 e. The van der Waals surface area contributed by atoms with E-state index in [0.29, 0.717) is 11.7 Å². The molecule has 28 heavy (non-hydrogen) atoms. The Morgan fingerprint density at radius 3 is 2.61 bits per heavy atom. The molecule has 6 nitrogen and oxygen atoms in total. The maximum absolute atomic E-state index is 11.4. The number of carbonyl (C=O) groups is 1. The van der Waals surface area contributed by atoms with Gasteiger partial charge in [0.15, 0.2) is 0 Å². The summed E-state index contributed by atoms with van der Waals surface area (Å²) in [7, 11) is 5.41. The number of ether oxygens (including phenoxy) is 2. The van der Waals surface area contributed by atoms with Crippen LogP contribution < -0.4 is 10.1 Å². The molecule has 1 heterocycles. The SMILES string of the molecule is COC(=O)Nc1cc(-c2ccc(OCCCC(C)C)c(CN(C)C)c2)ccn1. The van der Waals surface area contributed by atoms with Crippen molar-refractivity contribution in [2.75, 3.05) is 33.1 Å². The van der Waals surface area contributed by atoms with E-state index in [1.165, 1.54) is 7.11 Å². The topological polar surface area (TPSA) is 63.7 Å². The molecule has 6 heteroatoms. The second-order valence-electron chi connectivity index (χ2n) is 7.49. The van der Waals surface area contributed by atoms with Crippen LogP contribution in [0.15, 0.2) is 36.5 Å². The molecule has 2 aromatic rings. The highest BCUT2D eigenvalue weighted by Gasteiger charge is 2.10. The Balaban J connectivity index is 2.21. The number of hydrogen-bond donors (Lipinski definition) is 1. The highest BCUT2D eigenvalue weighted by Crippen LogP contribution is 2.29. The Hall–Kier alpha value is -2.60. The van der Waals surface area contributed by atoms with E-state index in [4.69, 9.17) is 4.74 Å². The second-order valence-corrected chi connectivity index (χ2v) is 7.49. The first-order chi connectivity index (χ1) is 13.4. The fraction of sp³-hybridized carbons (Fsp3) is 0.455. The van der Waals surface area contributed by atoms with Gasteiger partial charge < -0.3 is 14.4 Å². The van der Waals surface area contributed by atoms with Gasteiger partial charge in [-0.15, -0.1) is 0 Å². The second kappa shape index (κ2) is 10.7. The van der Waals surface area contributed by atoms with Crippen LogP contribution in [0.1, 0.15) is 32.3 Å². The zero-order chi connectivity index (χ0) is 20.5. The van der Waals surface area contributed by atoms with Crippen molar-refractivity contribution < 1.29 is 14.3 Å². The van der Waals surface area contributed by atoms with Crippen molar-refractivity contribution in [3.63, 3.8) is 0 Å². The molecule has 0 bridgehead atoms. The molecule has 1 N–H and O–H groups in total. The average Bonchev–Trinajstić information content (AvgIpc) is 2.65. The normalized spacial score (nSPS) is 11.0. The Morgan fingerprint density at radius 1 is 1.18 bits per heavy atom. The fourth-order valence-corrected chi connectivity index (χ4v) is 2.87. The lowest BCUT2D eigenvalue weighted by molar-refractivity contribution is 0.187. The quantitative estimate of drug-likeness (QED) is 0.628. The van der Waals surface area contributed by atoms with E-state index in [2.05, 4.69) is 39.9 Å². The first-order valence-electron chi connectivity index (χ1n) is 9.61. The third-order valence-corrected chi connectivity index (χ3v) is 4.24. The Kier molecular flexibility index (Phi) is 8.26. The van der Waals surface area contributed by atoms with E-state index in [-0.39, 0.29) is 0 Å². The summed E-state index contributed by atoms with van der Waals surface area (Å²) < 4.78 is 10.7. The third-order valence-electron chi connectivity index (χ3n) is 4.24. The minimum absolute atomic E-state index is 0.451. The number of amides is 1. The molecule has 1 aromatic heterocycles. The van der Waals surface area contributed by atoms with Crippen molar-refractivity contribution in [2.24, 2.45) is 5.92 Å². The van der Waals surface area contributed by atoms with Crippen LogP contribution >= 0.6 is 0 Å². The van der Waals surface area contributed by atoms with Crippen molar-refractivity contribution >= 4 is 11.9 Å². The fourth-order valence-electron chi connectivity index (χ4n) is 2.87. The van der Waals surface area contributed by atoms with Gasteiger partial charge in [-0.3, -0.25) is 5.32 Å². The van der Waals surface area contributed by atoms with Gasteiger partial charge in [-0.2, -0.15) is 0 Å². The number of carbonyl (C=O) groups excluding carboxylic acids is 1. The molecule has 0 radical (unpaired) electrons. The van der Waals surface area contributed by atoms with Crippen LogP contribution in [0.2, 0.25) is 0 Å². The number of pyridine rings is 1. The molecule has 0 unspecified atom stereocenters. The number of anilines is 1. The first-order valence-corrected chi connectivity index (χ1v) is 9.61. The van der Waals surface area contributed by atoms with E-state index in [0.717, 1.165) is 48.4 Å². The number of aromatic nitrogens is 1. The molecule has 152 valence electrons. The van der Waals surface area contributed by atoms with Gasteiger partial charge in [-0.25, -0.2) is 9.78 Å². The summed E-state index contributed by atoms with van der Waals surface area (Å²) >= 11 is 0. The molecule has 1 aromatic carbocycles. The van der Waals surface area contributed by atoms with Crippen molar-refractivity contribution in [1.29, 1.82) is 0 Å². The monoisotopic (exact) mass is 385 g/mol. The van der Waals surface area contributed by atoms with Gasteiger partial charge in [0, 0.05) is 18.3 Å². The zero-order valence-electron chi connectivity index (χ0n) is 17.5. The predicted molar refractivity (Wildman–Crippen MR) is 113 cm³/mol. The lowest BCUT2D eigenvalue weighted by Crippen LogP contribution is -2.13. The number of benzene rings is 1. The number of nitrogens with zero attached hydrogens (tertiary/aromatic N) is 2. The predicted octanol–water partition coefficient (Wildman–Crippen LogP) is 4.80. The zero-order valence-corrected chi connectivity index (χ0v) is 17.5. The van der Waals surface area contributed by atoms with Gasteiger partial charge in [0.25, 0.3) is 0 Å². The molecule has 2 rings (SSSR count). The first kappa shape index (κ1) is 21.7. The molecule has 0 saturated heterocycles. The minimum atomic E-state index is -0.539. The van der Waals surface area contributed by atoms with Crippen LogP contribution in [-0.4, -0.2) is 43.8 Å². The number of methoxy groups -OCH3 is 1. The molecule has 1 amide bonds. The highest BCUT2D eigenvalue weighted by atomic mass is 16.5. The maximum atomic E-state index is 11.4. The maximum Gasteiger partial charge on any atom is 0.412 e. The van der Waals surface area contributed by atoms with Gasteiger partial charge in [0.1, 0.15) is 11.6 Å². The summed E-state index contributed by atoms with van der Waals surface area (Å²) in [6, 6.07) is 9.94. The van der Waals surface area contributed by atoms with Crippen molar-refractivity contribution in [1.82, 2.24) is 9.88 Å². The summed E-state index contributed by atoms with van der Waals surface area (Å²) in [5.74, 6) is 2.06. The van der Waals surface area contributed by atoms with Crippen LogP contribution in [0.25, 0.3) is 11.1 Å². The van der Waals surface area contributed by atoms with E-state index in [1.807, 2.05) is 38.4 Å². The van der Waals surface area contributed by atoms with Crippen LogP contribution in [0.3, 0.4) is 0 Å². The lowest BCUT2D eigenvalue weighted by atomic mass is 10.0. The van der Waals surface area contributed by atoms with Gasteiger partial charge in [-0.1, -0.05) is 19.9 Å². The van der Waals surface area contributed by atoms with Crippen LogP contribution in [0.4, 0.5) is 10.6 Å².